The van der Waals surface area contributed by atoms with Crippen LogP contribution in [0.3, 0.4) is 0 Å². The van der Waals surface area contributed by atoms with Crippen molar-refractivity contribution >= 4 is 6.29 Å². The molecule has 66 valence electrons. The molecule has 1 aliphatic carbocycles. The van der Waals surface area contributed by atoms with Crippen molar-refractivity contribution in [3.05, 3.63) is 11.6 Å². The molecule has 1 heterocycles. The highest BCUT2D eigenvalue weighted by Crippen LogP contribution is 2.27. The highest BCUT2D eigenvalue weighted by atomic mass is 16.1. The van der Waals surface area contributed by atoms with E-state index in [9.17, 15) is 4.79 Å². The number of carbonyl (C=O) groups is 1. The summed E-state index contributed by atoms with van der Waals surface area (Å²) in [6.07, 6.45) is 8.22. The summed E-state index contributed by atoms with van der Waals surface area (Å²) in [4.78, 5) is 12.9. The Morgan fingerprint density at radius 2 is 2.33 bits per heavy atom. The molecule has 0 aromatic heterocycles. The normalized spacial score (nSPS) is 29.0. The molecule has 12 heavy (non-hydrogen) atoms. The van der Waals surface area contributed by atoms with Crippen molar-refractivity contribution in [1.82, 2.24) is 4.90 Å². The molecular formula is C10H15NO. The van der Waals surface area contributed by atoms with E-state index in [1.807, 2.05) is 0 Å². The minimum Gasteiger partial charge on any atom is -0.302 e. The Hall–Kier alpha value is -0.630. The molecule has 2 rings (SSSR count). The Morgan fingerprint density at radius 3 is 3.00 bits per heavy atom. The molecule has 0 aromatic rings. The van der Waals surface area contributed by atoms with Gasteiger partial charge in [-0.3, -0.25) is 4.90 Å². The second kappa shape index (κ2) is 3.40. The van der Waals surface area contributed by atoms with E-state index in [2.05, 4.69) is 11.0 Å². The SMILES string of the molecule is O=CC1CCCN1CC=C1CC1. The van der Waals surface area contributed by atoms with Crippen LogP contribution >= 0.6 is 0 Å². The summed E-state index contributed by atoms with van der Waals surface area (Å²) in [6.45, 7) is 2.10. The van der Waals surface area contributed by atoms with Gasteiger partial charge in [-0.05, 0) is 32.2 Å². The summed E-state index contributed by atoms with van der Waals surface area (Å²) >= 11 is 0. The monoisotopic (exact) mass is 165 g/mol. The third-order valence-corrected chi connectivity index (χ3v) is 2.72. The van der Waals surface area contributed by atoms with Crippen LogP contribution in [0, 0.1) is 0 Å². The molecule has 1 saturated carbocycles. The fraction of sp³-hybridized carbons (Fsp3) is 0.700. The molecule has 2 heteroatoms. The van der Waals surface area contributed by atoms with Crippen LogP contribution in [0.4, 0.5) is 0 Å². The Morgan fingerprint density at radius 1 is 1.50 bits per heavy atom. The van der Waals surface area contributed by atoms with Gasteiger partial charge in [-0.1, -0.05) is 11.6 Å². The van der Waals surface area contributed by atoms with E-state index in [1.54, 1.807) is 5.57 Å². The van der Waals surface area contributed by atoms with Gasteiger partial charge < -0.3 is 4.79 Å². The van der Waals surface area contributed by atoms with Crippen LogP contribution in [0.25, 0.3) is 0 Å². The van der Waals surface area contributed by atoms with Crippen LogP contribution in [0.1, 0.15) is 25.7 Å². The van der Waals surface area contributed by atoms with Gasteiger partial charge in [0.2, 0.25) is 0 Å². The van der Waals surface area contributed by atoms with Gasteiger partial charge in [0.15, 0.2) is 0 Å². The molecule has 1 unspecified atom stereocenters. The maximum Gasteiger partial charge on any atom is 0.137 e. The molecule has 1 aliphatic heterocycles. The van der Waals surface area contributed by atoms with E-state index >= 15 is 0 Å². The number of carbonyl (C=O) groups excluding carboxylic acids is 1. The first-order valence-electron chi connectivity index (χ1n) is 4.77. The Kier molecular flexibility index (Phi) is 2.26. The van der Waals surface area contributed by atoms with Crippen LogP contribution in [0.5, 0.6) is 0 Å². The minimum absolute atomic E-state index is 0.209. The van der Waals surface area contributed by atoms with E-state index in [0.29, 0.717) is 0 Å². The molecule has 0 aromatic carbocycles. The van der Waals surface area contributed by atoms with Crippen LogP contribution in [0.2, 0.25) is 0 Å². The lowest BCUT2D eigenvalue weighted by Crippen LogP contribution is -2.30. The molecule has 0 N–H and O–H groups in total. The fourth-order valence-corrected chi connectivity index (χ4v) is 1.76. The maximum atomic E-state index is 10.6. The van der Waals surface area contributed by atoms with Crippen molar-refractivity contribution in [2.75, 3.05) is 13.1 Å². The molecule has 2 nitrogen and oxygen atoms in total. The lowest BCUT2D eigenvalue weighted by Gasteiger charge is -2.17. The zero-order chi connectivity index (χ0) is 8.39. The van der Waals surface area contributed by atoms with Gasteiger partial charge in [0, 0.05) is 6.54 Å². The summed E-state index contributed by atoms with van der Waals surface area (Å²) in [5, 5.41) is 0. The molecule has 2 fully saturated rings. The zero-order valence-electron chi connectivity index (χ0n) is 7.33. The van der Waals surface area contributed by atoms with Gasteiger partial charge in [-0.2, -0.15) is 0 Å². The second-order valence-corrected chi connectivity index (χ2v) is 3.70. The Labute approximate surface area is 73.2 Å². The van der Waals surface area contributed by atoms with E-state index in [1.165, 1.54) is 19.3 Å². The molecule has 0 bridgehead atoms. The van der Waals surface area contributed by atoms with E-state index in [0.717, 1.165) is 25.8 Å². The standard InChI is InChI=1S/C10H15NO/c12-8-10-2-1-6-11(10)7-5-9-3-4-9/h5,8,10H,1-4,6-7H2. The molecule has 0 amide bonds. The number of hydrogen-bond donors (Lipinski definition) is 0. The predicted octanol–water partition coefficient (Wildman–Crippen LogP) is 1.37. The topological polar surface area (TPSA) is 20.3 Å². The van der Waals surface area contributed by atoms with Crippen LogP contribution in [-0.4, -0.2) is 30.3 Å². The van der Waals surface area contributed by atoms with E-state index < -0.39 is 0 Å². The lowest BCUT2D eigenvalue weighted by atomic mass is 10.2. The van der Waals surface area contributed by atoms with Gasteiger partial charge in [0.1, 0.15) is 6.29 Å². The first-order chi connectivity index (χ1) is 5.90. The van der Waals surface area contributed by atoms with E-state index in [4.69, 9.17) is 0 Å². The quantitative estimate of drug-likeness (QED) is 0.465. The molecule has 1 saturated heterocycles. The van der Waals surface area contributed by atoms with Crippen LogP contribution in [-0.2, 0) is 4.79 Å². The van der Waals surface area contributed by atoms with Crippen molar-refractivity contribution < 1.29 is 4.79 Å². The average molecular weight is 165 g/mol. The van der Waals surface area contributed by atoms with Gasteiger partial charge in [0.05, 0.1) is 6.04 Å². The summed E-state index contributed by atoms with van der Waals surface area (Å²) in [6, 6.07) is 0.209. The summed E-state index contributed by atoms with van der Waals surface area (Å²) < 4.78 is 0. The smallest absolute Gasteiger partial charge is 0.137 e. The average Bonchev–Trinajstić information content (AvgIpc) is 2.81. The second-order valence-electron chi connectivity index (χ2n) is 3.70. The third-order valence-electron chi connectivity index (χ3n) is 2.72. The van der Waals surface area contributed by atoms with E-state index in [-0.39, 0.29) is 6.04 Å². The molecule has 0 spiro atoms. The number of rotatable bonds is 3. The van der Waals surface area contributed by atoms with Crippen molar-refractivity contribution in [2.24, 2.45) is 0 Å². The first kappa shape index (κ1) is 7.99. The number of allylic oxidation sites excluding steroid dienone is 1. The Bertz CT molecular complexity index is 204. The third kappa shape index (κ3) is 1.75. The molecule has 1 atom stereocenters. The lowest BCUT2D eigenvalue weighted by molar-refractivity contribution is -0.111. The Balaban J connectivity index is 1.84. The van der Waals surface area contributed by atoms with Gasteiger partial charge in [0.25, 0.3) is 0 Å². The molecule has 2 aliphatic rings. The number of likely N-dealkylation sites (tertiary alicyclic amines) is 1. The number of nitrogens with zero attached hydrogens (tertiary/aromatic N) is 1. The van der Waals surface area contributed by atoms with Gasteiger partial charge in [-0.25, -0.2) is 0 Å². The predicted molar refractivity (Wildman–Crippen MR) is 48.0 cm³/mol. The fourth-order valence-electron chi connectivity index (χ4n) is 1.76. The van der Waals surface area contributed by atoms with Crippen molar-refractivity contribution in [3.8, 4) is 0 Å². The summed E-state index contributed by atoms with van der Waals surface area (Å²) in [5.41, 5.74) is 1.58. The van der Waals surface area contributed by atoms with Crippen molar-refractivity contribution in [1.29, 1.82) is 0 Å². The zero-order valence-corrected chi connectivity index (χ0v) is 7.33. The van der Waals surface area contributed by atoms with Crippen molar-refractivity contribution in [3.63, 3.8) is 0 Å². The van der Waals surface area contributed by atoms with Gasteiger partial charge in [-0.15, -0.1) is 0 Å². The van der Waals surface area contributed by atoms with Crippen LogP contribution < -0.4 is 0 Å². The highest BCUT2D eigenvalue weighted by Gasteiger charge is 2.23. The molecule has 0 radical (unpaired) electrons. The minimum atomic E-state index is 0.209. The highest BCUT2D eigenvalue weighted by molar-refractivity contribution is 5.58. The number of hydrogen-bond acceptors (Lipinski definition) is 2. The molecular weight excluding hydrogens is 150 g/mol. The van der Waals surface area contributed by atoms with Gasteiger partial charge >= 0.3 is 0 Å². The first-order valence-corrected chi connectivity index (χ1v) is 4.77. The van der Waals surface area contributed by atoms with Crippen LogP contribution in [0.15, 0.2) is 11.6 Å². The number of aldehydes is 1. The van der Waals surface area contributed by atoms with Crippen molar-refractivity contribution in [2.45, 2.75) is 31.7 Å². The summed E-state index contributed by atoms with van der Waals surface area (Å²) in [5.74, 6) is 0. The largest absolute Gasteiger partial charge is 0.302 e. The summed E-state index contributed by atoms with van der Waals surface area (Å²) in [7, 11) is 0. The maximum absolute atomic E-state index is 10.6.